The third kappa shape index (κ3) is 4.18. The van der Waals surface area contributed by atoms with E-state index in [1.807, 2.05) is 6.92 Å². The molecule has 0 aromatic heterocycles. The topological polar surface area (TPSA) is 66.6 Å². The van der Waals surface area contributed by atoms with E-state index in [-0.39, 0.29) is 6.04 Å². The summed E-state index contributed by atoms with van der Waals surface area (Å²) in [7, 11) is -3.07. The predicted molar refractivity (Wildman–Crippen MR) is 87.2 cm³/mol. The summed E-state index contributed by atoms with van der Waals surface area (Å²) in [5.41, 5.74) is 9.55. The second kappa shape index (κ2) is 6.34. The van der Waals surface area contributed by atoms with E-state index < -0.39 is 10.0 Å². The van der Waals surface area contributed by atoms with Crippen molar-refractivity contribution >= 4 is 15.7 Å². The summed E-state index contributed by atoms with van der Waals surface area (Å²) in [5.74, 6) is 0. The molecule has 1 aromatic rings. The van der Waals surface area contributed by atoms with Gasteiger partial charge in [0.25, 0.3) is 0 Å². The van der Waals surface area contributed by atoms with E-state index in [0.29, 0.717) is 13.1 Å². The predicted octanol–water partition coefficient (Wildman–Crippen LogP) is 0.966. The van der Waals surface area contributed by atoms with Gasteiger partial charge < -0.3 is 10.6 Å². The van der Waals surface area contributed by atoms with Gasteiger partial charge in [0, 0.05) is 37.9 Å². The van der Waals surface area contributed by atoms with Gasteiger partial charge in [-0.1, -0.05) is 6.07 Å². The van der Waals surface area contributed by atoms with E-state index in [4.69, 9.17) is 5.73 Å². The number of aryl methyl sites for hydroxylation is 1. The Hall–Kier alpha value is -1.11. The molecule has 2 N–H and O–H groups in total. The molecule has 1 saturated heterocycles. The Morgan fingerprint density at radius 1 is 1.24 bits per heavy atom. The molecule has 0 bridgehead atoms. The van der Waals surface area contributed by atoms with Crippen molar-refractivity contribution in [2.45, 2.75) is 26.3 Å². The van der Waals surface area contributed by atoms with Gasteiger partial charge in [-0.05, 0) is 43.5 Å². The lowest BCUT2D eigenvalue weighted by Gasteiger charge is -2.35. The smallest absolute Gasteiger partial charge is 0.211 e. The third-order valence-electron chi connectivity index (χ3n) is 3.94. The van der Waals surface area contributed by atoms with E-state index in [1.165, 1.54) is 17.4 Å². The lowest BCUT2D eigenvalue weighted by molar-refractivity contribution is 0.388. The minimum atomic E-state index is -3.07. The quantitative estimate of drug-likeness (QED) is 0.899. The van der Waals surface area contributed by atoms with Crippen LogP contribution in [-0.2, 0) is 16.4 Å². The first-order valence-electron chi connectivity index (χ1n) is 7.32. The van der Waals surface area contributed by atoms with Crippen molar-refractivity contribution in [3.05, 3.63) is 29.3 Å². The van der Waals surface area contributed by atoms with Crippen molar-refractivity contribution in [1.82, 2.24) is 4.31 Å². The molecule has 1 aromatic carbocycles. The Morgan fingerprint density at radius 3 is 2.33 bits per heavy atom. The molecule has 1 unspecified atom stereocenters. The lowest BCUT2D eigenvalue weighted by Crippen LogP contribution is -2.48. The molecule has 0 aliphatic carbocycles. The molecular formula is C15H25N3O2S. The summed E-state index contributed by atoms with van der Waals surface area (Å²) in [4.78, 5) is 2.24. The maximum atomic E-state index is 11.5. The third-order valence-corrected chi connectivity index (χ3v) is 5.24. The molecule has 0 spiro atoms. The number of sulfonamides is 1. The van der Waals surface area contributed by atoms with Crippen LogP contribution in [0.3, 0.4) is 0 Å². The Labute approximate surface area is 127 Å². The zero-order chi connectivity index (χ0) is 15.6. The van der Waals surface area contributed by atoms with Gasteiger partial charge in [0.05, 0.1) is 6.26 Å². The summed E-state index contributed by atoms with van der Waals surface area (Å²) in [6.07, 6.45) is 2.16. The molecule has 1 heterocycles. The number of nitrogens with two attached hydrogens (primary N) is 1. The Morgan fingerprint density at radius 2 is 1.86 bits per heavy atom. The molecule has 21 heavy (non-hydrogen) atoms. The van der Waals surface area contributed by atoms with Crippen LogP contribution in [-0.4, -0.2) is 51.2 Å². The van der Waals surface area contributed by atoms with Crippen LogP contribution in [0.25, 0.3) is 0 Å². The first kappa shape index (κ1) is 16.3. The summed E-state index contributed by atoms with van der Waals surface area (Å²) in [6, 6.07) is 6.58. The zero-order valence-electron chi connectivity index (χ0n) is 13.0. The largest absolute Gasteiger partial charge is 0.369 e. The van der Waals surface area contributed by atoms with Gasteiger partial charge in [0.15, 0.2) is 0 Å². The van der Waals surface area contributed by atoms with E-state index in [1.54, 1.807) is 4.31 Å². The molecule has 0 saturated carbocycles. The molecule has 1 atom stereocenters. The zero-order valence-corrected chi connectivity index (χ0v) is 13.9. The van der Waals surface area contributed by atoms with E-state index in [0.717, 1.165) is 25.2 Å². The maximum Gasteiger partial charge on any atom is 0.211 e. The number of anilines is 1. The van der Waals surface area contributed by atoms with Crippen LogP contribution in [0.2, 0.25) is 0 Å². The van der Waals surface area contributed by atoms with Gasteiger partial charge in [-0.3, -0.25) is 0 Å². The van der Waals surface area contributed by atoms with Crippen LogP contribution < -0.4 is 10.6 Å². The van der Waals surface area contributed by atoms with E-state index >= 15 is 0 Å². The standard InChI is InChI=1S/C15H25N3O2S/c1-12-10-15(5-4-14(12)11-13(2)16)17-6-8-18(9-7-17)21(3,19)20/h4-5,10,13H,6-9,11,16H2,1-3H3. The second-order valence-electron chi connectivity index (χ2n) is 5.94. The van der Waals surface area contributed by atoms with Gasteiger partial charge >= 0.3 is 0 Å². The minimum absolute atomic E-state index is 0.160. The molecular weight excluding hydrogens is 286 g/mol. The summed E-state index contributed by atoms with van der Waals surface area (Å²) >= 11 is 0. The molecule has 5 nitrogen and oxygen atoms in total. The number of piperazine rings is 1. The fourth-order valence-corrected chi connectivity index (χ4v) is 3.56. The highest BCUT2D eigenvalue weighted by atomic mass is 32.2. The number of rotatable bonds is 4. The van der Waals surface area contributed by atoms with E-state index in [9.17, 15) is 8.42 Å². The molecule has 1 fully saturated rings. The minimum Gasteiger partial charge on any atom is -0.369 e. The number of hydrogen-bond acceptors (Lipinski definition) is 4. The molecule has 1 aliphatic heterocycles. The Kier molecular flexibility index (Phi) is 4.91. The Balaban J connectivity index is 2.06. The first-order valence-corrected chi connectivity index (χ1v) is 9.17. The van der Waals surface area contributed by atoms with Crippen molar-refractivity contribution in [3.63, 3.8) is 0 Å². The SMILES string of the molecule is Cc1cc(N2CCN(S(C)(=O)=O)CC2)ccc1CC(C)N. The van der Waals surface area contributed by atoms with Crippen molar-refractivity contribution in [3.8, 4) is 0 Å². The first-order chi connectivity index (χ1) is 9.77. The van der Waals surface area contributed by atoms with Gasteiger partial charge in [0.2, 0.25) is 10.0 Å². The van der Waals surface area contributed by atoms with Crippen molar-refractivity contribution in [2.24, 2.45) is 5.73 Å². The summed E-state index contributed by atoms with van der Waals surface area (Å²) in [5, 5.41) is 0. The van der Waals surface area contributed by atoms with Crippen LogP contribution in [0.5, 0.6) is 0 Å². The monoisotopic (exact) mass is 311 g/mol. The average Bonchev–Trinajstić information content (AvgIpc) is 2.40. The molecule has 0 radical (unpaired) electrons. The van der Waals surface area contributed by atoms with Crippen LogP contribution in [0.1, 0.15) is 18.1 Å². The molecule has 118 valence electrons. The highest BCUT2D eigenvalue weighted by molar-refractivity contribution is 7.88. The Bertz CT molecular complexity index is 591. The van der Waals surface area contributed by atoms with Gasteiger partial charge in [-0.15, -0.1) is 0 Å². The van der Waals surface area contributed by atoms with Crippen LogP contribution in [0, 0.1) is 6.92 Å². The van der Waals surface area contributed by atoms with Crippen LogP contribution in [0.4, 0.5) is 5.69 Å². The van der Waals surface area contributed by atoms with E-state index in [2.05, 4.69) is 30.0 Å². The second-order valence-corrected chi connectivity index (χ2v) is 7.92. The fraction of sp³-hybridized carbons (Fsp3) is 0.600. The lowest BCUT2D eigenvalue weighted by atomic mass is 10.0. The highest BCUT2D eigenvalue weighted by Gasteiger charge is 2.23. The summed E-state index contributed by atoms with van der Waals surface area (Å²) in [6.45, 7) is 6.70. The van der Waals surface area contributed by atoms with Crippen molar-refractivity contribution < 1.29 is 8.42 Å². The molecule has 2 rings (SSSR count). The molecule has 6 heteroatoms. The highest BCUT2D eigenvalue weighted by Crippen LogP contribution is 2.22. The maximum absolute atomic E-state index is 11.5. The van der Waals surface area contributed by atoms with Crippen LogP contribution >= 0.6 is 0 Å². The van der Waals surface area contributed by atoms with Gasteiger partial charge in [-0.2, -0.15) is 4.31 Å². The van der Waals surface area contributed by atoms with Gasteiger partial charge in [-0.25, -0.2) is 8.42 Å². The van der Waals surface area contributed by atoms with Crippen LogP contribution in [0.15, 0.2) is 18.2 Å². The van der Waals surface area contributed by atoms with Crippen molar-refractivity contribution in [1.29, 1.82) is 0 Å². The average molecular weight is 311 g/mol. The van der Waals surface area contributed by atoms with Crippen molar-refractivity contribution in [2.75, 3.05) is 37.3 Å². The molecule has 1 aliphatic rings. The number of hydrogen-bond donors (Lipinski definition) is 1. The number of benzene rings is 1. The number of nitrogens with zero attached hydrogens (tertiary/aromatic N) is 2. The fourth-order valence-electron chi connectivity index (χ4n) is 2.73. The van der Waals surface area contributed by atoms with Gasteiger partial charge in [0.1, 0.15) is 0 Å². The normalized spacial score (nSPS) is 18.8. The molecule has 0 amide bonds. The summed E-state index contributed by atoms with van der Waals surface area (Å²) < 4.78 is 24.6.